The van der Waals surface area contributed by atoms with Crippen LogP contribution in [0.1, 0.15) is 40.1 Å². The Morgan fingerprint density at radius 3 is 2.62 bits per heavy atom. The summed E-state index contributed by atoms with van der Waals surface area (Å²) in [4.78, 5) is 24.7. The molecule has 6 heteroatoms. The Morgan fingerprint density at radius 1 is 1.10 bits per heavy atom. The number of ether oxygens (including phenoxy) is 1. The van der Waals surface area contributed by atoms with Crippen LogP contribution in [-0.2, 0) is 6.54 Å². The van der Waals surface area contributed by atoms with E-state index < -0.39 is 0 Å². The van der Waals surface area contributed by atoms with Crippen molar-refractivity contribution in [2.24, 2.45) is 0 Å². The monoisotopic (exact) mass is 391 g/mol. The molecule has 1 heterocycles. The van der Waals surface area contributed by atoms with Crippen LogP contribution in [0, 0.1) is 13.8 Å². The zero-order valence-electron chi connectivity index (χ0n) is 16.9. The zero-order chi connectivity index (χ0) is 20.8. The third-order valence-corrected chi connectivity index (χ3v) is 4.66. The summed E-state index contributed by atoms with van der Waals surface area (Å²) in [7, 11) is 0. The Hall–Kier alpha value is -3.41. The lowest BCUT2D eigenvalue weighted by molar-refractivity contribution is 0.0931. The van der Waals surface area contributed by atoms with E-state index in [1.807, 2.05) is 63.2 Å². The number of nitrogens with zero attached hydrogens (tertiary/aromatic N) is 2. The lowest BCUT2D eigenvalue weighted by atomic mass is 10.00. The van der Waals surface area contributed by atoms with E-state index in [-0.39, 0.29) is 36.4 Å². The van der Waals surface area contributed by atoms with Crippen molar-refractivity contribution in [3.05, 3.63) is 93.4 Å². The molecule has 0 aliphatic carbocycles. The number of aryl methyl sites for hydroxylation is 2. The molecule has 1 N–H and O–H groups in total. The van der Waals surface area contributed by atoms with Crippen LogP contribution in [0.4, 0.5) is 0 Å². The van der Waals surface area contributed by atoms with Crippen LogP contribution in [-0.4, -0.2) is 22.3 Å². The van der Waals surface area contributed by atoms with E-state index in [9.17, 15) is 9.59 Å². The molecule has 0 saturated heterocycles. The molecule has 0 aliphatic rings. The van der Waals surface area contributed by atoms with Crippen LogP contribution in [0.15, 0.2) is 65.5 Å². The predicted octanol–water partition coefficient (Wildman–Crippen LogP) is 3.43. The fourth-order valence-electron chi connectivity index (χ4n) is 3.07. The second-order valence-corrected chi connectivity index (χ2v) is 7.00. The molecule has 6 nitrogen and oxygen atoms in total. The Bertz CT molecular complexity index is 1040. The van der Waals surface area contributed by atoms with Crippen molar-refractivity contribution in [3.8, 4) is 5.75 Å². The molecular formula is C23H25N3O3. The minimum atomic E-state index is -0.323. The smallest absolute Gasteiger partial charge is 0.272 e. The Labute approximate surface area is 170 Å². The molecule has 0 radical (unpaired) electrons. The van der Waals surface area contributed by atoms with Crippen LogP contribution < -0.4 is 15.6 Å². The highest BCUT2D eigenvalue weighted by Gasteiger charge is 2.15. The number of para-hydroxylation sites is 1. The van der Waals surface area contributed by atoms with Crippen LogP contribution in [0.5, 0.6) is 5.75 Å². The van der Waals surface area contributed by atoms with Gasteiger partial charge in [0.2, 0.25) is 0 Å². The highest BCUT2D eigenvalue weighted by Crippen LogP contribution is 2.19. The predicted molar refractivity (Wildman–Crippen MR) is 112 cm³/mol. The van der Waals surface area contributed by atoms with Crippen molar-refractivity contribution in [1.29, 1.82) is 0 Å². The zero-order valence-corrected chi connectivity index (χ0v) is 16.9. The van der Waals surface area contributed by atoms with Gasteiger partial charge in [0.1, 0.15) is 18.1 Å². The number of hydrogen-bond donors (Lipinski definition) is 1. The quantitative estimate of drug-likeness (QED) is 0.670. The Balaban J connectivity index is 1.67. The third-order valence-electron chi connectivity index (χ3n) is 4.66. The molecule has 1 aromatic heterocycles. The van der Waals surface area contributed by atoms with E-state index in [2.05, 4.69) is 16.5 Å². The number of carbonyl (C=O) groups excluding carboxylic acids is 1. The summed E-state index contributed by atoms with van der Waals surface area (Å²) in [5.74, 6) is 0.396. The fourth-order valence-corrected chi connectivity index (χ4v) is 3.07. The summed E-state index contributed by atoms with van der Waals surface area (Å²) in [6.45, 7) is 6.50. The second-order valence-electron chi connectivity index (χ2n) is 7.00. The molecule has 1 amide bonds. The molecule has 2 aromatic carbocycles. The molecule has 0 saturated carbocycles. The van der Waals surface area contributed by atoms with Gasteiger partial charge in [-0.05, 0) is 50.1 Å². The first-order valence-electron chi connectivity index (χ1n) is 9.58. The van der Waals surface area contributed by atoms with Crippen LogP contribution in [0.3, 0.4) is 0 Å². The summed E-state index contributed by atoms with van der Waals surface area (Å²) < 4.78 is 6.86. The van der Waals surface area contributed by atoms with Crippen molar-refractivity contribution in [2.75, 3.05) is 6.61 Å². The maximum absolute atomic E-state index is 12.7. The number of nitrogens with one attached hydrogen (secondary N) is 1. The summed E-state index contributed by atoms with van der Waals surface area (Å²) in [6.07, 6.45) is 0. The van der Waals surface area contributed by atoms with Gasteiger partial charge in [0, 0.05) is 6.07 Å². The lowest BCUT2D eigenvalue weighted by Gasteiger charge is -2.17. The summed E-state index contributed by atoms with van der Waals surface area (Å²) in [6, 6.07) is 18.1. The number of benzene rings is 2. The van der Waals surface area contributed by atoms with Crippen molar-refractivity contribution < 1.29 is 9.53 Å². The summed E-state index contributed by atoms with van der Waals surface area (Å²) in [5.41, 5.74) is 3.22. The number of aromatic nitrogens is 2. The molecular weight excluding hydrogens is 366 g/mol. The topological polar surface area (TPSA) is 73.2 Å². The minimum absolute atomic E-state index is 0.175. The van der Waals surface area contributed by atoms with Gasteiger partial charge in [-0.2, -0.15) is 5.10 Å². The van der Waals surface area contributed by atoms with Gasteiger partial charge in [-0.15, -0.1) is 0 Å². The van der Waals surface area contributed by atoms with Gasteiger partial charge in [0.05, 0.1) is 12.6 Å². The minimum Gasteiger partial charge on any atom is -0.492 e. The first-order chi connectivity index (χ1) is 13.9. The molecule has 1 atom stereocenters. The lowest BCUT2D eigenvalue weighted by Crippen LogP contribution is -2.32. The van der Waals surface area contributed by atoms with Gasteiger partial charge < -0.3 is 10.1 Å². The first-order valence-corrected chi connectivity index (χ1v) is 9.58. The standard InChI is InChI=1S/C23H25N3O3/c1-16-9-10-17(2)20(15-16)18(3)24-23(28)21-11-12-22(27)26(25-21)13-14-29-19-7-5-4-6-8-19/h4-12,15,18H,13-14H2,1-3H3,(H,24,28). The fraction of sp³-hybridized carbons (Fsp3) is 0.261. The SMILES string of the molecule is Cc1ccc(C)c(C(C)NC(=O)c2ccc(=O)n(CCOc3ccccc3)n2)c1. The van der Waals surface area contributed by atoms with Gasteiger partial charge in [0.15, 0.2) is 0 Å². The summed E-state index contributed by atoms with van der Waals surface area (Å²) >= 11 is 0. The third kappa shape index (κ3) is 5.31. The number of hydrogen-bond acceptors (Lipinski definition) is 4. The molecule has 150 valence electrons. The molecule has 0 spiro atoms. The van der Waals surface area contributed by atoms with E-state index in [4.69, 9.17) is 4.74 Å². The van der Waals surface area contributed by atoms with Crippen LogP contribution in [0.25, 0.3) is 0 Å². The largest absolute Gasteiger partial charge is 0.492 e. The molecule has 3 rings (SSSR count). The van der Waals surface area contributed by atoms with Crippen molar-refractivity contribution in [2.45, 2.75) is 33.4 Å². The van der Waals surface area contributed by atoms with Gasteiger partial charge in [-0.25, -0.2) is 4.68 Å². The van der Waals surface area contributed by atoms with Crippen molar-refractivity contribution in [1.82, 2.24) is 15.1 Å². The van der Waals surface area contributed by atoms with Crippen molar-refractivity contribution >= 4 is 5.91 Å². The van der Waals surface area contributed by atoms with Gasteiger partial charge in [-0.1, -0.05) is 42.0 Å². The van der Waals surface area contributed by atoms with Crippen LogP contribution >= 0.6 is 0 Å². The highest BCUT2D eigenvalue weighted by molar-refractivity contribution is 5.92. The van der Waals surface area contributed by atoms with Crippen LogP contribution in [0.2, 0.25) is 0 Å². The van der Waals surface area contributed by atoms with E-state index in [0.29, 0.717) is 0 Å². The average Bonchev–Trinajstić information content (AvgIpc) is 2.71. The Kier molecular flexibility index (Phi) is 6.44. The molecule has 3 aromatic rings. The number of carbonyl (C=O) groups is 1. The number of amides is 1. The average molecular weight is 391 g/mol. The van der Waals surface area contributed by atoms with Gasteiger partial charge in [-0.3, -0.25) is 9.59 Å². The normalized spacial score (nSPS) is 11.7. The van der Waals surface area contributed by atoms with Gasteiger partial charge >= 0.3 is 0 Å². The number of rotatable bonds is 7. The Morgan fingerprint density at radius 2 is 1.86 bits per heavy atom. The van der Waals surface area contributed by atoms with E-state index in [0.717, 1.165) is 22.4 Å². The molecule has 29 heavy (non-hydrogen) atoms. The molecule has 0 fully saturated rings. The summed E-state index contributed by atoms with van der Waals surface area (Å²) in [5, 5.41) is 7.16. The first kappa shape index (κ1) is 20.3. The maximum Gasteiger partial charge on any atom is 0.272 e. The molecule has 0 aliphatic heterocycles. The van der Waals surface area contributed by atoms with Gasteiger partial charge in [0.25, 0.3) is 11.5 Å². The maximum atomic E-state index is 12.7. The van der Waals surface area contributed by atoms with E-state index >= 15 is 0 Å². The van der Waals surface area contributed by atoms with Crippen molar-refractivity contribution in [3.63, 3.8) is 0 Å². The molecule has 1 unspecified atom stereocenters. The second kappa shape index (κ2) is 9.19. The van der Waals surface area contributed by atoms with E-state index in [1.54, 1.807) is 0 Å². The molecule has 0 bridgehead atoms. The van der Waals surface area contributed by atoms with E-state index in [1.165, 1.54) is 16.8 Å². The highest BCUT2D eigenvalue weighted by atomic mass is 16.5.